The van der Waals surface area contributed by atoms with Crippen LogP contribution in [-0.4, -0.2) is 36.4 Å². The quantitative estimate of drug-likeness (QED) is 0.306. The monoisotopic (exact) mass is 240 g/mol. The molecular weight excluding hydrogens is 210 g/mol. The molecule has 0 fully saturated rings. The maximum Gasteiger partial charge on any atom is 0.155 e. The summed E-state index contributed by atoms with van der Waals surface area (Å²) in [5, 5.41) is 0. The molecule has 0 amide bonds. The number of hydrogen-bond donors (Lipinski definition) is 0. The summed E-state index contributed by atoms with van der Waals surface area (Å²) >= 11 is 0. The van der Waals surface area contributed by atoms with Gasteiger partial charge in [-0.2, -0.15) is 0 Å². The van der Waals surface area contributed by atoms with E-state index in [1.54, 1.807) is 0 Å². The van der Waals surface area contributed by atoms with Crippen LogP contribution in [0.25, 0.3) is 0 Å². The molecule has 0 saturated carbocycles. The van der Waals surface area contributed by atoms with Crippen LogP contribution in [0.5, 0.6) is 0 Å². The summed E-state index contributed by atoms with van der Waals surface area (Å²) in [7, 11) is 0. The molecule has 0 saturated heterocycles. The molecule has 100 valence electrons. The minimum atomic E-state index is 0.186. The number of allylic oxidation sites excluding steroid dienone is 1. The zero-order valence-electron chi connectivity index (χ0n) is 12.0. The summed E-state index contributed by atoms with van der Waals surface area (Å²) in [5.74, 6) is 0.186. The number of unbranched alkanes of at least 4 members (excludes halogenated alkanes) is 3. The predicted molar refractivity (Wildman–Crippen MR) is 75.0 cm³/mol. The Labute approximate surface area is 107 Å². The second-order valence-corrected chi connectivity index (χ2v) is 4.85. The van der Waals surface area contributed by atoms with E-state index in [4.69, 9.17) is 0 Å². The predicted octanol–water partition coefficient (Wildman–Crippen LogP) is 3.57. The second kappa shape index (κ2) is 9.41. The van der Waals surface area contributed by atoms with E-state index >= 15 is 0 Å². The molecule has 2 nitrogen and oxygen atoms in total. The number of carbonyl (C=O) groups excluding carboxylic acids is 1. The van der Waals surface area contributed by atoms with Gasteiger partial charge in [0.25, 0.3) is 0 Å². The molecule has 0 unspecified atom stereocenters. The van der Waals surface area contributed by atoms with Gasteiger partial charge in [-0.1, -0.05) is 13.0 Å². The smallest absolute Gasteiger partial charge is 0.155 e. The van der Waals surface area contributed by atoms with Gasteiger partial charge in [0.1, 0.15) is 0 Å². The molecule has 0 rings (SSSR count). The standard InChI is InChI=1S/C15H30NO/c1-5-15(17)13-11-9-10-12-14-16(6-2,7-3)8-4/h5H,1,6-14H2,2-4H3/q+1. The number of ketones is 1. The van der Waals surface area contributed by atoms with Crippen molar-refractivity contribution in [3.05, 3.63) is 12.7 Å². The lowest BCUT2D eigenvalue weighted by molar-refractivity contribution is -0.923. The van der Waals surface area contributed by atoms with Crippen LogP contribution in [0.2, 0.25) is 0 Å². The molecule has 0 heterocycles. The molecule has 17 heavy (non-hydrogen) atoms. The lowest BCUT2D eigenvalue weighted by atomic mass is 10.1. The average Bonchev–Trinajstić information content (AvgIpc) is 2.38. The Morgan fingerprint density at radius 1 is 1.00 bits per heavy atom. The maximum atomic E-state index is 11.0. The van der Waals surface area contributed by atoms with E-state index in [-0.39, 0.29) is 5.78 Å². The number of hydrogen-bond acceptors (Lipinski definition) is 1. The van der Waals surface area contributed by atoms with Crippen molar-refractivity contribution in [2.45, 2.75) is 52.9 Å². The SMILES string of the molecule is C=CC(=O)CCCCCC[N+](CC)(CC)CC. The largest absolute Gasteiger partial charge is 0.324 e. The van der Waals surface area contributed by atoms with E-state index in [1.165, 1.54) is 56.0 Å². The Hall–Kier alpha value is -0.630. The lowest BCUT2D eigenvalue weighted by Gasteiger charge is -2.35. The summed E-state index contributed by atoms with van der Waals surface area (Å²) in [5.41, 5.74) is 0. The van der Waals surface area contributed by atoms with Crippen LogP contribution in [-0.2, 0) is 4.79 Å². The molecule has 0 N–H and O–H groups in total. The van der Waals surface area contributed by atoms with E-state index < -0.39 is 0 Å². The van der Waals surface area contributed by atoms with Crippen LogP contribution >= 0.6 is 0 Å². The summed E-state index contributed by atoms with van der Waals surface area (Å²) in [6.45, 7) is 15.4. The zero-order valence-corrected chi connectivity index (χ0v) is 12.0. The highest BCUT2D eigenvalue weighted by Gasteiger charge is 2.19. The minimum absolute atomic E-state index is 0.186. The summed E-state index contributed by atoms with van der Waals surface area (Å²) in [6.07, 6.45) is 6.86. The molecule has 2 heteroatoms. The van der Waals surface area contributed by atoms with Crippen molar-refractivity contribution in [3.63, 3.8) is 0 Å². The molecular formula is C15H30NO+. The molecule has 0 spiro atoms. The van der Waals surface area contributed by atoms with Crippen LogP contribution in [0.1, 0.15) is 52.9 Å². The molecule has 0 radical (unpaired) electrons. The van der Waals surface area contributed by atoms with E-state index in [0.29, 0.717) is 6.42 Å². The maximum absolute atomic E-state index is 11.0. The highest BCUT2D eigenvalue weighted by molar-refractivity contribution is 5.88. The fourth-order valence-corrected chi connectivity index (χ4v) is 2.35. The lowest BCUT2D eigenvalue weighted by Crippen LogP contribution is -2.48. The van der Waals surface area contributed by atoms with Crippen molar-refractivity contribution in [2.24, 2.45) is 0 Å². The first-order valence-electron chi connectivity index (χ1n) is 7.14. The first-order valence-corrected chi connectivity index (χ1v) is 7.14. The second-order valence-electron chi connectivity index (χ2n) is 4.85. The van der Waals surface area contributed by atoms with Crippen molar-refractivity contribution < 1.29 is 9.28 Å². The Kier molecular flexibility index (Phi) is 9.06. The molecule has 0 aliphatic carbocycles. The van der Waals surface area contributed by atoms with Gasteiger partial charge in [0.05, 0.1) is 26.2 Å². The van der Waals surface area contributed by atoms with Gasteiger partial charge in [0.15, 0.2) is 5.78 Å². The number of rotatable bonds is 11. The molecule has 0 aliphatic rings. The van der Waals surface area contributed by atoms with Crippen LogP contribution in [0.15, 0.2) is 12.7 Å². The van der Waals surface area contributed by atoms with Gasteiger partial charge >= 0.3 is 0 Å². The third-order valence-electron chi connectivity index (χ3n) is 4.05. The van der Waals surface area contributed by atoms with Gasteiger partial charge in [0, 0.05) is 6.42 Å². The Morgan fingerprint density at radius 3 is 2.00 bits per heavy atom. The Bertz CT molecular complexity index is 211. The van der Waals surface area contributed by atoms with Crippen molar-refractivity contribution >= 4 is 5.78 Å². The van der Waals surface area contributed by atoms with Crippen molar-refractivity contribution in [1.82, 2.24) is 0 Å². The summed E-state index contributed by atoms with van der Waals surface area (Å²) < 4.78 is 1.24. The minimum Gasteiger partial charge on any atom is -0.324 e. The number of quaternary nitrogens is 1. The highest BCUT2D eigenvalue weighted by Crippen LogP contribution is 2.11. The fraction of sp³-hybridized carbons (Fsp3) is 0.800. The van der Waals surface area contributed by atoms with E-state index in [1.807, 2.05) is 0 Å². The summed E-state index contributed by atoms with van der Waals surface area (Å²) in [6, 6.07) is 0. The van der Waals surface area contributed by atoms with Gasteiger partial charge in [-0.3, -0.25) is 4.79 Å². The zero-order chi connectivity index (χ0) is 13.1. The van der Waals surface area contributed by atoms with Crippen molar-refractivity contribution in [1.29, 1.82) is 0 Å². The van der Waals surface area contributed by atoms with Gasteiger partial charge in [-0.15, -0.1) is 0 Å². The van der Waals surface area contributed by atoms with E-state index in [9.17, 15) is 4.79 Å². The normalized spacial score (nSPS) is 11.5. The third-order valence-corrected chi connectivity index (χ3v) is 4.05. The van der Waals surface area contributed by atoms with Gasteiger partial charge in [-0.25, -0.2) is 0 Å². The molecule has 0 aliphatic heterocycles. The molecule has 0 aromatic carbocycles. The van der Waals surface area contributed by atoms with Gasteiger partial charge in [0.2, 0.25) is 0 Å². The average molecular weight is 240 g/mol. The third kappa shape index (κ3) is 6.62. The van der Waals surface area contributed by atoms with Crippen LogP contribution in [0, 0.1) is 0 Å². The van der Waals surface area contributed by atoms with E-state index in [0.717, 1.165) is 6.42 Å². The molecule has 0 atom stereocenters. The molecule has 0 bridgehead atoms. The topological polar surface area (TPSA) is 17.1 Å². The van der Waals surface area contributed by atoms with Crippen LogP contribution in [0.4, 0.5) is 0 Å². The number of nitrogens with zero attached hydrogens (tertiary/aromatic N) is 1. The Balaban J connectivity index is 3.62. The number of carbonyl (C=O) groups is 1. The first kappa shape index (κ1) is 16.4. The molecule has 0 aromatic heterocycles. The van der Waals surface area contributed by atoms with E-state index in [2.05, 4.69) is 27.4 Å². The fourth-order valence-electron chi connectivity index (χ4n) is 2.35. The van der Waals surface area contributed by atoms with Crippen molar-refractivity contribution in [2.75, 3.05) is 26.2 Å². The first-order chi connectivity index (χ1) is 8.14. The summed E-state index contributed by atoms with van der Waals surface area (Å²) in [4.78, 5) is 11.0. The highest BCUT2D eigenvalue weighted by atomic mass is 16.1. The molecule has 0 aromatic rings. The van der Waals surface area contributed by atoms with Crippen LogP contribution in [0.3, 0.4) is 0 Å². The Morgan fingerprint density at radius 2 is 1.53 bits per heavy atom. The van der Waals surface area contributed by atoms with Crippen LogP contribution < -0.4 is 0 Å². The van der Waals surface area contributed by atoms with Gasteiger partial charge in [-0.05, 0) is 46.1 Å². The van der Waals surface area contributed by atoms with Gasteiger partial charge < -0.3 is 4.48 Å². The van der Waals surface area contributed by atoms with Crippen molar-refractivity contribution in [3.8, 4) is 0 Å².